The van der Waals surface area contributed by atoms with E-state index in [4.69, 9.17) is 11.6 Å². The van der Waals surface area contributed by atoms with Gasteiger partial charge in [0, 0.05) is 10.9 Å². The normalized spacial score (nSPS) is 10.4. The lowest BCUT2D eigenvalue weighted by Gasteiger charge is -1.95. The number of carbonyl (C=O) groups excluding carboxylic acids is 1. The Balaban J connectivity index is 2.35. The summed E-state index contributed by atoms with van der Waals surface area (Å²) in [5, 5.41) is 2.25. The van der Waals surface area contributed by atoms with Crippen LogP contribution in [0.4, 0.5) is 4.39 Å². The SMILES string of the molecule is O=C(CCl)c1csc(-c2cccc(F)c2)n1. The summed E-state index contributed by atoms with van der Waals surface area (Å²) < 4.78 is 13.0. The first kappa shape index (κ1) is 11.2. The fourth-order valence-electron chi connectivity index (χ4n) is 1.22. The van der Waals surface area contributed by atoms with Crippen LogP contribution in [-0.4, -0.2) is 16.6 Å². The van der Waals surface area contributed by atoms with E-state index < -0.39 is 0 Å². The second-order valence-electron chi connectivity index (χ2n) is 3.11. The Hall–Kier alpha value is -1.26. The molecule has 1 aromatic heterocycles. The predicted molar refractivity (Wildman–Crippen MR) is 62.6 cm³/mol. The van der Waals surface area contributed by atoms with Crippen LogP contribution in [-0.2, 0) is 0 Å². The van der Waals surface area contributed by atoms with Gasteiger partial charge >= 0.3 is 0 Å². The van der Waals surface area contributed by atoms with Crippen molar-refractivity contribution in [2.24, 2.45) is 0 Å². The van der Waals surface area contributed by atoms with E-state index in [0.29, 0.717) is 16.3 Å². The Morgan fingerprint density at radius 1 is 1.50 bits per heavy atom. The fraction of sp³-hybridized carbons (Fsp3) is 0.0909. The Morgan fingerprint density at radius 2 is 2.31 bits per heavy atom. The van der Waals surface area contributed by atoms with Gasteiger partial charge < -0.3 is 0 Å². The molecule has 0 aliphatic rings. The molecule has 0 radical (unpaired) electrons. The molecule has 0 aliphatic carbocycles. The smallest absolute Gasteiger partial charge is 0.196 e. The second kappa shape index (κ2) is 4.72. The summed E-state index contributed by atoms with van der Waals surface area (Å²) in [6.07, 6.45) is 0. The molecule has 0 unspecified atom stereocenters. The molecule has 5 heteroatoms. The van der Waals surface area contributed by atoms with Gasteiger partial charge in [0.1, 0.15) is 16.5 Å². The molecule has 0 saturated carbocycles. The number of nitrogens with zero attached hydrogens (tertiary/aromatic N) is 1. The molecular weight excluding hydrogens is 249 g/mol. The lowest BCUT2D eigenvalue weighted by atomic mass is 10.2. The number of aromatic nitrogens is 1. The van der Waals surface area contributed by atoms with Gasteiger partial charge in [-0.2, -0.15) is 0 Å². The Bertz CT molecular complexity index is 526. The van der Waals surface area contributed by atoms with E-state index in [1.165, 1.54) is 23.5 Å². The highest BCUT2D eigenvalue weighted by molar-refractivity contribution is 7.13. The molecule has 2 aromatic rings. The number of hydrogen-bond acceptors (Lipinski definition) is 3. The van der Waals surface area contributed by atoms with Crippen LogP contribution in [0.1, 0.15) is 10.5 Å². The number of halogens is 2. The van der Waals surface area contributed by atoms with E-state index in [0.717, 1.165) is 0 Å². The summed E-state index contributed by atoms with van der Waals surface area (Å²) in [5.74, 6) is -0.634. The molecule has 0 saturated heterocycles. The summed E-state index contributed by atoms with van der Waals surface area (Å²) in [6, 6.07) is 6.10. The first-order chi connectivity index (χ1) is 7.70. The second-order valence-corrected chi connectivity index (χ2v) is 4.23. The molecule has 0 aliphatic heterocycles. The molecule has 16 heavy (non-hydrogen) atoms. The van der Waals surface area contributed by atoms with Gasteiger partial charge in [-0.3, -0.25) is 4.79 Å². The van der Waals surface area contributed by atoms with Crippen LogP contribution in [0.3, 0.4) is 0 Å². The largest absolute Gasteiger partial charge is 0.291 e. The predicted octanol–water partition coefficient (Wildman–Crippen LogP) is 3.37. The lowest BCUT2D eigenvalue weighted by Crippen LogP contribution is -2.00. The Kier molecular flexibility index (Phi) is 3.31. The average Bonchev–Trinajstić information content (AvgIpc) is 2.77. The number of ketones is 1. The zero-order valence-corrected chi connectivity index (χ0v) is 9.69. The maximum absolute atomic E-state index is 13.0. The van der Waals surface area contributed by atoms with Crippen molar-refractivity contribution in [1.29, 1.82) is 0 Å². The minimum atomic E-state index is -0.321. The highest BCUT2D eigenvalue weighted by atomic mass is 35.5. The number of benzene rings is 1. The average molecular weight is 256 g/mol. The third kappa shape index (κ3) is 2.28. The molecule has 0 fully saturated rings. The minimum absolute atomic E-state index is 0.0909. The van der Waals surface area contributed by atoms with Crippen molar-refractivity contribution >= 4 is 28.7 Å². The molecule has 0 amide bonds. The van der Waals surface area contributed by atoms with Crippen molar-refractivity contribution < 1.29 is 9.18 Å². The van der Waals surface area contributed by atoms with Crippen LogP contribution in [0, 0.1) is 5.82 Å². The van der Waals surface area contributed by atoms with Crippen LogP contribution in [0.15, 0.2) is 29.6 Å². The Morgan fingerprint density at radius 3 is 3.00 bits per heavy atom. The highest BCUT2D eigenvalue weighted by Gasteiger charge is 2.10. The molecule has 1 heterocycles. The number of hydrogen-bond donors (Lipinski definition) is 0. The highest BCUT2D eigenvalue weighted by Crippen LogP contribution is 2.24. The maximum atomic E-state index is 13.0. The molecule has 2 nitrogen and oxygen atoms in total. The van der Waals surface area contributed by atoms with Crippen molar-refractivity contribution in [2.45, 2.75) is 0 Å². The van der Waals surface area contributed by atoms with Gasteiger partial charge in [0.25, 0.3) is 0 Å². The number of carbonyl (C=O) groups is 1. The standard InChI is InChI=1S/C11H7ClFNOS/c12-5-10(15)9-6-16-11(14-9)7-2-1-3-8(13)4-7/h1-4,6H,5H2. The van der Waals surface area contributed by atoms with E-state index in [-0.39, 0.29) is 17.5 Å². The lowest BCUT2D eigenvalue weighted by molar-refractivity contribution is 0.101. The molecule has 2 rings (SSSR count). The zero-order chi connectivity index (χ0) is 11.5. The van der Waals surface area contributed by atoms with Crippen molar-refractivity contribution in [1.82, 2.24) is 4.98 Å². The van der Waals surface area contributed by atoms with Gasteiger partial charge in [0.2, 0.25) is 0 Å². The monoisotopic (exact) mass is 255 g/mol. The summed E-state index contributed by atoms with van der Waals surface area (Å²) in [4.78, 5) is 15.4. The molecule has 0 spiro atoms. The minimum Gasteiger partial charge on any atom is -0.291 e. The first-order valence-electron chi connectivity index (χ1n) is 4.51. The zero-order valence-electron chi connectivity index (χ0n) is 8.11. The van der Waals surface area contributed by atoms with Crippen LogP contribution < -0.4 is 0 Å². The van der Waals surface area contributed by atoms with Crippen LogP contribution >= 0.6 is 22.9 Å². The molecule has 1 aromatic carbocycles. The van der Waals surface area contributed by atoms with E-state index in [9.17, 15) is 9.18 Å². The van der Waals surface area contributed by atoms with E-state index in [2.05, 4.69) is 4.98 Å². The number of thiazole rings is 1. The Labute approximate surface area is 101 Å². The molecule has 0 bridgehead atoms. The van der Waals surface area contributed by atoms with Crippen LogP contribution in [0.2, 0.25) is 0 Å². The third-order valence-electron chi connectivity index (χ3n) is 1.98. The number of rotatable bonds is 3. The molecule has 82 valence electrons. The van der Waals surface area contributed by atoms with Crippen molar-refractivity contribution in [2.75, 3.05) is 5.88 Å². The van der Waals surface area contributed by atoms with Crippen LogP contribution in [0.5, 0.6) is 0 Å². The molecule has 0 atom stereocenters. The fourth-order valence-corrected chi connectivity index (χ4v) is 2.18. The first-order valence-corrected chi connectivity index (χ1v) is 5.93. The van der Waals surface area contributed by atoms with Crippen molar-refractivity contribution in [3.8, 4) is 10.6 Å². The topological polar surface area (TPSA) is 30.0 Å². The summed E-state index contributed by atoms with van der Waals surface area (Å²) in [6.45, 7) is 0. The summed E-state index contributed by atoms with van der Waals surface area (Å²) in [7, 11) is 0. The number of alkyl halides is 1. The van der Waals surface area contributed by atoms with Gasteiger partial charge in [0.05, 0.1) is 5.88 Å². The summed E-state index contributed by atoms with van der Waals surface area (Å²) >= 11 is 6.72. The van der Waals surface area contributed by atoms with E-state index >= 15 is 0 Å². The number of Topliss-reactive ketones (excluding diaryl/α,β-unsaturated/α-hetero) is 1. The van der Waals surface area contributed by atoms with Crippen molar-refractivity contribution in [3.05, 3.63) is 41.2 Å². The van der Waals surface area contributed by atoms with E-state index in [1.54, 1.807) is 17.5 Å². The van der Waals surface area contributed by atoms with Crippen molar-refractivity contribution in [3.63, 3.8) is 0 Å². The van der Waals surface area contributed by atoms with Gasteiger partial charge in [-0.05, 0) is 12.1 Å². The third-order valence-corrected chi connectivity index (χ3v) is 3.12. The van der Waals surface area contributed by atoms with Crippen LogP contribution in [0.25, 0.3) is 10.6 Å². The van der Waals surface area contributed by atoms with Gasteiger partial charge in [0.15, 0.2) is 5.78 Å². The van der Waals surface area contributed by atoms with Gasteiger partial charge in [-0.15, -0.1) is 22.9 Å². The molecule has 0 N–H and O–H groups in total. The maximum Gasteiger partial charge on any atom is 0.196 e. The van der Waals surface area contributed by atoms with Gasteiger partial charge in [-0.1, -0.05) is 12.1 Å². The van der Waals surface area contributed by atoms with Gasteiger partial charge in [-0.25, -0.2) is 9.37 Å². The molecular formula is C11H7ClFNOS. The van der Waals surface area contributed by atoms with E-state index in [1.807, 2.05) is 0 Å². The summed E-state index contributed by atoms with van der Waals surface area (Å²) in [5.41, 5.74) is 0.998. The quantitative estimate of drug-likeness (QED) is 0.622.